The standard InChI is InChI=1S/C24H29N3O4S/c1-17-20(13-9-14-21(17)27(30)31)26-24(29)19-12-7-8-15-22(19)32-16-23(28)25-18-10-5-3-2-4-6-11-18/h7-9,12-15,18H,2-6,10-11,16H2,1H3,(H,25,28)(H,26,29). The summed E-state index contributed by atoms with van der Waals surface area (Å²) in [6.45, 7) is 1.61. The second-order valence-electron chi connectivity index (χ2n) is 8.06. The topological polar surface area (TPSA) is 101 Å². The fourth-order valence-electron chi connectivity index (χ4n) is 3.94. The molecule has 1 aliphatic rings. The van der Waals surface area contributed by atoms with Crippen LogP contribution < -0.4 is 10.6 Å². The Kier molecular flexibility index (Phi) is 8.67. The molecule has 2 amide bonds. The Morgan fingerprint density at radius 3 is 2.44 bits per heavy atom. The smallest absolute Gasteiger partial charge is 0.274 e. The average Bonchev–Trinajstić information content (AvgIpc) is 2.75. The normalized spacial score (nSPS) is 14.8. The Hall–Kier alpha value is -2.87. The van der Waals surface area contributed by atoms with Gasteiger partial charge in [0.15, 0.2) is 0 Å². The quantitative estimate of drug-likeness (QED) is 0.327. The summed E-state index contributed by atoms with van der Waals surface area (Å²) in [4.78, 5) is 36.8. The summed E-state index contributed by atoms with van der Waals surface area (Å²) in [6, 6.07) is 11.9. The van der Waals surface area contributed by atoms with E-state index in [4.69, 9.17) is 0 Å². The van der Waals surface area contributed by atoms with Gasteiger partial charge in [-0.25, -0.2) is 0 Å². The van der Waals surface area contributed by atoms with Crippen molar-refractivity contribution in [2.24, 2.45) is 0 Å². The number of rotatable bonds is 7. The van der Waals surface area contributed by atoms with Crippen LogP contribution in [0.5, 0.6) is 0 Å². The van der Waals surface area contributed by atoms with E-state index in [1.807, 2.05) is 12.1 Å². The number of amides is 2. The summed E-state index contributed by atoms with van der Waals surface area (Å²) in [6.07, 6.45) is 8.10. The molecular weight excluding hydrogens is 426 g/mol. The minimum absolute atomic E-state index is 0.0229. The third-order valence-corrected chi connectivity index (χ3v) is 6.78. The van der Waals surface area contributed by atoms with Gasteiger partial charge >= 0.3 is 0 Å². The van der Waals surface area contributed by atoms with Gasteiger partial charge in [-0.2, -0.15) is 0 Å². The monoisotopic (exact) mass is 455 g/mol. The van der Waals surface area contributed by atoms with E-state index in [9.17, 15) is 19.7 Å². The molecule has 0 heterocycles. The molecule has 32 heavy (non-hydrogen) atoms. The van der Waals surface area contributed by atoms with E-state index in [0.29, 0.717) is 21.7 Å². The maximum absolute atomic E-state index is 12.9. The number of carbonyl (C=O) groups is 2. The van der Waals surface area contributed by atoms with Gasteiger partial charge < -0.3 is 10.6 Å². The van der Waals surface area contributed by atoms with Crippen LogP contribution in [0.4, 0.5) is 11.4 Å². The van der Waals surface area contributed by atoms with E-state index in [1.165, 1.54) is 37.1 Å². The lowest BCUT2D eigenvalue weighted by molar-refractivity contribution is -0.385. The van der Waals surface area contributed by atoms with Crippen molar-refractivity contribution < 1.29 is 14.5 Å². The van der Waals surface area contributed by atoms with Crippen LogP contribution in [-0.4, -0.2) is 28.5 Å². The van der Waals surface area contributed by atoms with Crippen molar-refractivity contribution in [3.8, 4) is 0 Å². The number of nitro benzene ring substituents is 1. The number of hydrogen-bond acceptors (Lipinski definition) is 5. The minimum Gasteiger partial charge on any atom is -0.353 e. The first-order valence-electron chi connectivity index (χ1n) is 11.0. The number of hydrogen-bond donors (Lipinski definition) is 2. The first-order chi connectivity index (χ1) is 15.5. The van der Waals surface area contributed by atoms with Crippen LogP contribution in [0.25, 0.3) is 0 Å². The first kappa shape index (κ1) is 23.8. The van der Waals surface area contributed by atoms with E-state index in [1.54, 1.807) is 31.2 Å². The Labute approximate surface area is 192 Å². The predicted molar refractivity (Wildman–Crippen MR) is 127 cm³/mol. The fraction of sp³-hybridized carbons (Fsp3) is 0.417. The molecular formula is C24H29N3O4S. The molecule has 1 aliphatic carbocycles. The van der Waals surface area contributed by atoms with Crippen molar-refractivity contribution in [2.45, 2.75) is 62.8 Å². The fourth-order valence-corrected chi connectivity index (χ4v) is 4.80. The number of nitrogens with one attached hydrogen (secondary N) is 2. The third kappa shape index (κ3) is 6.56. The second kappa shape index (κ2) is 11.7. The molecule has 1 saturated carbocycles. The molecule has 0 bridgehead atoms. The van der Waals surface area contributed by atoms with Gasteiger partial charge in [0.05, 0.1) is 27.5 Å². The molecule has 0 aliphatic heterocycles. The molecule has 2 aromatic carbocycles. The van der Waals surface area contributed by atoms with Gasteiger partial charge in [-0.15, -0.1) is 11.8 Å². The maximum atomic E-state index is 12.9. The van der Waals surface area contributed by atoms with Gasteiger partial charge in [0.25, 0.3) is 11.6 Å². The van der Waals surface area contributed by atoms with Crippen LogP contribution in [0, 0.1) is 17.0 Å². The summed E-state index contributed by atoms with van der Waals surface area (Å²) in [5.74, 6) is -0.154. The highest BCUT2D eigenvalue weighted by atomic mass is 32.2. The van der Waals surface area contributed by atoms with Gasteiger partial charge in [-0.05, 0) is 38.0 Å². The predicted octanol–water partition coefficient (Wildman–Crippen LogP) is 5.48. The lowest BCUT2D eigenvalue weighted by Gasteiger charge is -2.21. The Morgan fingerprint density at radius 2 is 1.72 bits per heavy atom. The highest BCUT2D eigenvalue weighted by Gasteiger charge is 2.19. The van der Waals surface area contributed by atoms with Crippen molar-refractivity contribution >= 4 is 35.0 Å². The van der Waals surface area contributed by atoms with E-state index in [2.05, 4.69) is 10.6 Å². The molecule has 8 heteroatoms. The third-order valence-electron chi connectivity index (χ3n) is 5.71. The number of nitrogens with zero attached hydrogens (tertiary/aromatic N) is 1. The van der Waals surface area contributed by atoms with E-state index >= 15 is 0 Å². The summed E-state index contributed by atoms with van der Waals surface area (Å²) in [5.41, 5.74) is 1.18. The van der Waals surface area contributed by atoms with Gasteiger partial charge in [0, 0.05) is 17.0 Å². The lowest BCUT2D eigenvalue weighted by atomic mass is 9.97. The molecule has 0 aromatic heterocycles. The Balaban J connectivity index is 1.63. The lowest BCUT2D eigenvalue weighted by Crippen LogP contribution is -2.36. The molecule has 170 valence electrons. The zero-order valence-corrected chi connectivity index (χ0v) is 19.1. The number of anilines is 1. The molecule has 1 fully saturated rings. The Bertz CT molecular complexity index is 971. The van der Waals surface area contributed by atoms with E-state index in [0.717, 1.165) is 25.7 Å². The summed E-state index contributed by atoms with van der Waals surface area (Å²) in [7, 11) is 0. The molecule has 3 rings (SSSR count). The largest absolute Gasteiger partial charge is 0.353 e. The highest BCUT2D eigenvalue weighted by molar-refractivity contribution is 8.00. The van der Waals surface area contributed by atoms with E-state index < -0.39 is 4.92 Å². The zero-order valence-electron chi connectivity index (χ0n) is 18.3. The highest BCUT2D eigenvalue weighted by Crippen LogP contribution is 2.28. The van der Waals surface area contributed by atoms with Crippen molar-refractivity contribution in [3.05, 3.63) is 63.7 Å². The van der Waals surface area contributed by atoms with Crippen LogP contribution in [0.3, 0.4) is 0 Å². The van der Waals surface area contributed by atoms with Gasteiger partial charge in [0.2, 0.25) is 5.91 Å². The minimum atomic E-state index is -0.469. The zero-order chi connectivity index (χ0) is 22.9. The van der Waals surface area contributed by atoms with E-state index in [-0.39, 0.29) is 29.3 Å². The van der Waals surface area contributed by atoms with Crippen LogP contribution in [0.15, 0.2) is 47.4 Å². The number of carbonyl (C=O) groups excluding carboxylic acids is 2. The molecule has 2 N–H and O–H groups in total. The number of benzene rings is 2. The molecule has 0 radical (unpaired) electrons. The van der Waals surface area contributed by atoms with Gasteiger partial charge in [-0.1, -0.05) is 50.3 Å². The summed E-state index contributed by atoms with van der Waals surface area (Å²) >= 11 is 1.32. The Morgan fingerprint density at radius 1 is 1.03 bits per heavy atom. The van der Waals surface area contributed by atoms with Crippen molar-refractivity contribution in [1.29, 1.82) is 0 Å². The van der Waals surface area contributed by atoms with Crippen molar-refractivity contribution in [3.63, 3.8) is 0 Å². The molecule has 0 unspecified atom stereocenters. The molecule has 7 nitrogen and oxygen atoms in total. The van der Waals surface area contributed by atoms with Crippen LogP contribution in [-0.2, 0) is 4.79 Å². The summed E-state index contributed by atoms with van der Waals surface area (Å²) in [5, 5.41) is 17.1. The number of nitro groups is 1. The molecule has 0 spiro atoms. The van der Waals surface area contributed by atoms with Crippen LogP contribution in [0.1, 0.15) is 60.9 Å². The second-order valence-corrected chi connectivity index (χ2v) is 9.07. The van der Waals surface area contributed by atoms with Crippen LogP contribution in [0.2, 0.25) is 0 Å². The van der Waals surface area contributed by atoms with Crippen molar-refractivity contribution in [1.82, 2.24) is 5.32 Å². The molecule has 0 saturated heterocycles. The SMILES string of the molecule is Cc1c(NC(=O)c2ccccc2SCC(=O)NC2CCCCCCC2)cccc1[N+](=O)[O-]. The first-order valence-corrected chi connectivity index (χ1v) is 12.0. The van der Waals surface area contributed by atoms with Crippen molar-refractivity contribution in [2.75, 3.05) is 11.1 Å². The number of thioether (sulfide) groups is 1. The average molecular weight is 456 g/mol. The molecule has 0 atom stereocenters. The summed E-state index contributed by atoms with van der Waals surface area (Å²) < 4.78 is 0. The van der Waals surface area contributed by atoms with Gasteiger partial charge in [0.1, 0.15) is 0 Å². The van der Waals surface area contributed by atoms with Crippen LogP contribution >= 0.6 is 11.8 Å². The van der Waals surface area contributed by atoms with Gasteiger partial charge in [-0.3, -0.25) is 19.7 Å². The molecule has 2 aromatic rings. The maximum Gasteiger partial charge on any atom is 0.274 e.